The fraction of sp³-hybridized carbons (Fsp3) is 0.833. The molecule has 0 saturated heterocycles. The highest BCUT2D eigenvalue weighted by Crippen LogP contribution is 2.05. The molecule has 2 amide bonds. The molecule has 0 rings (SSSR count). The van der Waals surface area contributed by atoms with Crippen LogP contribution in [0.4, 0.5) is 0 Å². The number of hydrogen-bond donors (Lipinski definition) is 1. The first kappa shape index (κ1) is 16.9. The summed E-state index contributed by atoms with van der Waals surface area (Å²) in [5, 5.41) is 3.55. The lowest BCUT2D eigenvalue weighted by Crippen LogP contribution is -2.32. The minimum absolute atomic E-state index is 0.106. The predicted molar refractivity (Wildman–Crippen MR) is 67.7 cm³/mol. The standard InChI is InChI=1S/C12H24N2O4/c1-13-11(15)10-18-14(2)12(16)8-6-4-5-7-9-17-3/h4-10H2,1-3H3,(H,13,15). The molecule has 0 aliphatic rings. The van der Waals surface area contributed by atoms with E-state index in [0.717, 1.165) is 37.4 Å². The van der Waals surface area contributed by atoms with E-state index in [9.17, 15) is 9.59 Å². The fourth-order valence-electron chi connectivity index (χ4n) is 1.33. The first-order chi connectivity index (χ1) is 8.61. The van der Waals surface area contributed by atoms with Crippen LogP contribution < -0.4 is 5.32 Å². The summed E-state index contributed by atoms with van der Waals surface area (Å²) < 4.78 is 4.94. The van der Waals surface area contributed by atoms with Crippen LogP contribution in [-0.2, 0) is 19.2 Å². The molecule has 0 spiro atoms. The minimum atomic E-state index is -0.255. The molecule has 0 fully saturated rings. The van der Waals surface area contributed by atoms with Gasteiger partial charge in [0.25, 0.3) is 0 Å². The summed E-state index contributed by atoms with van der Waals surface area (Å²) in [6, 6.07) is 0. The van der Waals surface area contributed by atoms with Crippen LogP contribution in [0.5, 0.6) is 0 Å². The van der Waals surface area contributed by atoms with Gasteiger partial charge in [-0.3, -0.25) is 14.4 Å². The van der Waals surface area contributed by atoms with E-state index in [-0.39, 0.29) is 18.4 Å². The quantitative estimate of drug-likeness (QED) is 0.464. The lowest BCUT2D eigenvalue weighted by molar-refractivity contribution is -0.180. The Labute approximate surface area is 109 Å². The van der Waals surface area contributed by atoms with Crippen molar-refractivity contribution in [1.29, 1.82) is 0 Å². The Morgan fingerprint density at radius 1 is 1.17 bits per heavy atom. The van der Waals surface area contributed by atoms with Gasteiger partial charge in [-0.25, -0.2) is 5.06 Å². The van der Waals surface area contributed by atoms with E-state index in [1.165, 1.54) is 14.1 Å². The summed E-state index contributed by atoms with van der Waals surface area (Å²) in [4.78, 5) is 27.5. The fourth-order valence-corrected chi connectivity index (χ4v) is 1.33. The second-order valence-corrected chi connectivity index (χ2v) is 3.99. The van der Waals surface area contributed by atoms with Gasteiger partial charge in [0.05, 0.1) is 0 Å². The smallest absolute Gasteiger partial charge is 0.248 e. The van der Waals surface area contributed by atoms with E-state index in [1.807, 2.05) is 0 Å². The van der Waals surface area contributed by atoms with Gasteiger partial charge in [-0.15, -0.1) is 0 Å². The Balaban J connectivity index is 3.53. The zero-order valence-corrected chi connectivity index (χ0v) is 11.5. The summed E-state index contributed by atoms with van der Waals surface area (Å²) in [6.07, 6.45) is 4.35. The number of hydrogen-bond acceptors (Lipinski definition) is 4. The number of nitrogens with one attached hydrogen (secondary N) is 1. The zero-order valence-electron chi connectivity index (χ0n) is 11.5. The van der Waals surface area contributed by atoms with Gasteiger partial charge in [-0.1, -0.05) is 12.8 Å². The van der Waals surface area contributed by atoms with Crippen LogP contribution in [-0.4, -0.2) is 51.3 Å². The zero-order chi connectivity index (χ0) is 13.8. The van der Waals surface area contributed by atoms with Gasteiger partial charge in [-0.2, -0.15) is 0 Å². The molecule has 0 radical (unpaired) electrons. The van der Waals surface area contributed by atoms with Crippen molar-refractivity contribution in [3.05, 3.63) is 0 Å². The van der Waals surface area contributed by atoms with Crippen molar-refractivity contribution in [2.75, 3.05) is 34.4 Å². The number of nitrogens with zero attached hydrogens (tertiary/aromatic N) is 1. The third-order valence-corrected chi connectivity index (χ3v) is 2.51. The van der Waals surface area contributed by atoms with Crippen LogP contribution >= 0.6 is 0 Å². The molecule has 0 bridgehead atoms. The number of amides is 2. The maximum Gasteiger partial charge on any atom is 0.248 e. The summed E-state index contributed by atoms with van der Waals surface area (Å²) >= 11 is 0. The number of carbonyl (C=O) groups excluding carboxylic acids is 2. The molecule has 0 aromatic carbocycles. The van der Waals surface area contributed by atoms with Gasteiger partial charge in [0.15, 0.2) is 6.61 Å². The average molecular weight is 260 g/mol. The minimum Gasteiger partial charge on any atom is -0.385 e. The molecule has 106 valence electrons. The summed E-state index contributed by atoms with van der Waals surface area (Å²) in [6.45, 7) is 0.635. The molecule has 6 heteroatoms. The molecule has 0 aliphatic heterocycles. The van der Waals surface area contributed by atoms with E-state index >= 15 is 0 Å². The highest BCUT2D eigenvalue weighted by Gasteiger charge is 2.10. The van der Waals surface area contributed by atoms with E-state index in [0.29, 0.717) is 6.42 Å². The molecule has 1 N–H and O–H groups in total. The van der Waals surface area contributed by atoms with Gasteiger partial charge in [0.2, 0.25) is 11.8 Å². The molecular formula is C12H24N2O4. The molecular weight excluding hydrogens is 236 g/mol. The summed E-state index contributed by atoms with van der Waals surface area (Å²) in [5.74, 6) is -0.361. The summed E-state index contributed by atoms with van der Waals surface area (Å²) in [5.41, 5.74) is 0. The Hall–Kier alpha value is -1.14. The molecule has 0 heterocycles. The van der Waals surface area contributed by atoms with Crippen LogP contribution in [0.2, 0.25) is 0 Å². The maximum atomic E-state index is 11.6. The topological polar surface area (TPSA) is 67.9 Å². The van der Waals surface area contributed by atoms with Crippen LogP contribution in [0, 0.1) is 0 Å². The van der Waals surface area contributed by atoms with Gasteiger partial charge in [0, 0.05) is 34.2 Å². The number of likely N-dealkylation sites (N-methyl/N-ethyl adjacent to an activating group) is 1. The molecule has 0 unspecified atom stereocenters. The number of ether oxygens (including phenoxy) is 1. The van der Waals surface area contributed by atoms with Crippen molar-refractivity contribution in [3.63, 3.8) is 0 Å². The van der Waals surface area contributed by atoms with Gasteiger partial charge in [-0.05, 0) is 12.8 Å². The number of rotatable bonds is 10. The molecule has 18 heavy (non-hydrogen) atoms. The largest absolute Gasteiger partial charge is 0.385 e. The number of unbranched alkanes of at least 4 members (excludes halogenated alkanes) is 3. The van der Waals surface area contributed by atoms with Gasteiger partial charge >= 0.3 is 0 Å². The van der Waals surface area contributed by atoms with Crippen molar-refractivity contribution in [3.8, 4) is 0 Å². The molecule has 0 atom stereocenters. The van der Waals surface area contributed by atoms with Gasteiger partial charge in [0.1, 0.15) is 0 Å². The van der Waals surface area contributed by atoms with Crippen molar-refractivity contribution in [2.24, 2.45) is 0 Å². The van der Waals surface area contributed by atoms with Crippen molar-refractivity contribution < 1.29 is 19.2 Å². The van der Waals surface area contributed by atoms with Gasteiger partial charge < -0.3 is 10.1 Å². The Morgan fingerprint density at radius 2 is 1.83 bits per heavy atom. The lowest BCUT2D eigenvalue weighted by Gasteiger charge is -2.16. The second-order valence-electron chi connectivity index (χ2n) is 3.99. The number of carbonyl (C=O) groups is 2. The first-order valence-corrected chi connectivity index (χ1v) is 6.20. The monoisotopic (exact) mass is 260 g/mol. The number of methoxy groups -OCH3 is 1. The van der Waals surface area contributed by atoms with E-state index in [4.69, 9.17) is 9.57 Å². The van der Waals surface area contributed by atoms with E-state index in [1.54, 1.807) is 7.11 Å². The predicted octanol–water partition coefficient (Wildman–Crippen LogP) is 0.719. The lowest BCUT2D eigenvalue weighted by atomic mass is 10.1. The maximum absolute atomic E-state index is 11.6. The van der Waals surface area contributed by atoms with Crippen LogP contribution in [0.1, 0.15) is 32.1 Å². The molecule has 6 nitrogen and oxygen atoms in total. The highest BCUT2D eigenvalue weighted by molar-refractivity contribution is 5.77. The highest BCUT2D eigenvalue weighted by atomic mass is 16.7. The van der Waals surface area contributed by atoms with Crippen LogP contribution in [0.15, 0.2) is 0 Å². The first-order valence-electron chi connectivity index (χ1n) is 6.20. The summed E-state index contributed by atoms with van der Waals surface area (Å²) in [7, 11) is 4.73. The van der Waals surface area contributed by atoms with E-state index < -0.39 is 0 Å². The molecule has 0 aromatic heterocycles. The van der Waals surface area contributed by atoms with Crippen LogP contribution in [0.3, 0.4) is 0 Å². The third-order valence-electron chi connectivity index (χ3n) is 2.51. The molecule has 0 aliphatic carbocycles. The second kappa shape index (κ2) is 11.0. The van der Waals surface area contributed by atoms with Crippen molar-refractivity contribution >= 4 is 11.8 Å². The normalized spacial score (nSPS) is 10.2. The Morgan fingerprint density at radius 3 is 2.44 bits per heavy atom. The molecule has 0 aromatic rings. The van der Waals surface area contributed by atoms with Crippen molar-refractivity contribution in [1.82, 2.24) is 10.4 Å². The van der Waals surface area contributed by atoms with Crippen LogP contribution in [0.25, 0.3) is 0 Å². The Bertz CT molecular complexity index is 246. The number of hydroxylamine groups is 2. The SMILES string of the molecule is CNC(=O)CON(C)C(=O)CCCCCCOC. The van der Waals surface area contributed by atoms with Crippen molar-refractivity contribution in [2.45, 2.75) is 32.1 Å². The average Bonchev–Trinajstić information content (AvgIpc) is 2.39. The molecule has 0 saturated carbocycles. The Kier molecular flexibility index (Phi) is 10.3. The third kappa shape index (κ3) is 8.95. The van der Waals surface area contributed by atoms with E-state index in [2.05, 4.69) is 5.32 Å².